The molecule has 0 aliphatic carbocycles. The average molecular weight is 360 g/mol. The third kappa shape index (κ3) is 3.15. The lowest BCUT2D eigenvalue weighted by molar-refractivity contribution is 0.0969. The lowest BCUT2D eigenvalue weighted by Crippen LogP contribution is -2.14. The van der Waals surface area contributed by atoms with Crippen LogP contribution in [-0.4, -0.2) is 20.9 Å². The Labute approximate surface area is 155 Å². The summed E-state index contributed by atoms with van der Waals surface area (Å²) in [6.45, 7) is 0. The van der Waals surface area contributed by atoms with Gasteiger partial charge in [-0.1, -0.05) is 77.5 Å². The normalized spacial score (nSPS) is 11.7. The minimum atomic E-state index is -0.259. The van der Waals surface area contributed by atoms with Crippen molar-refractivity contribution in [3.8, 4) is 0 Å². The van der Waals surface area contributed by atoms with Crippen LogP contribution in [0.4, 0.5) is 0 Å². The first-order valence-corrected chi connectivity index (χ1v) is 8.48. The van der Waals surface area contributed by atoms with Gasteiger partial charge >= 0.3 is 0 Å². The summed E-state index contributed by atoms with van der Waals surface area (Å²) in [5, 5.41) is 8.64. The van der Waals surface area contributed by atoms with Crippen molar-refractivity contribution in [2.75, 3.05) is 0 Å². The van der Waals surface area contributed by atoms with Gasteiger partial charge in [0.15, 0.2) is 0 Å². The third-order valence-corrected chi connectivity index (χ3v) is 4.26. The molecule has 5 heteroatoms. The predicted octanol–water partition coefficient (Wildman–Crippen LogP) is 4.97. The van der Waals surface area contributed by atoms with Crippen molar-refractivity contribution in [1.82, 2.24) is 15.0 Å². The van der Waals surface area contributed by atoms with Gasteiger partial charge in [-0.2, -0.15) is 4.68 Å². The molecule has 1 heterocycles. The molecule has 0 saturated carbocycles. The number of halogens is 1. The molecule has 0 bridgehead atoms. The van der Waals surface area contributed by atoms with E-state index in [1.807, 2.05) is 66.7 Å². The van der Waals surface area contributed by atoms with Gasteiger partial charge in [-0.05, 0) is 35.4 Å². The van der Waals surface area contributed by atoms with Gasteiger partial charge in [-0.15, -0.1) is 5.10 Å². The second kappa shape index (κ2) is 6.94. The monoisotopic (exact) mass is 359 g/mol. The van der Waals surface area contributed by atoms with E-state index in [-0.39, 0.29) is 5.91 Å². The number of carbonyl (C=O) groups is 1. The van der Waals surface area contributed by atoms with Crippen LogP contribution in [0.15, 0.2) is 78.9 Å². The second-order valence-corrected chi connectivity index (χ2v) is 6.21. The number of hydrogen-bond acceptors (Lipinski definition) is 3. The topological polar surface area (TPSA) is 47.8 Å². The number of nitrogens with zero attached hydrogens (tertiary/aromatic N) is 3. The number of hydrogen-bond donors (Lipinski definition) is 0. The van der Waals surface area contributed by atoms with Gasteiger partial charge in [0, 0.05) is 10.6 Å². The van der Waals surface area contributed by atoms with Crippen LogP contribution in [-0.2, 0) is 0 Å². The number of rotatable bonds is 3. The highest BCUT2D eigenvalue weighted by Crippen LogP contribution is 2.23. The third-order valence-electron chi connectivity index (χ3n) is 4.03. The highest BCUT2D eigenvalue weighted by molar-refractivity contribution is 6.31. The van der Waals surface area contributed by atoms with E-state index < -0.39 is 0 Å². The van der Waals surface area contributed by atoms with Gasteiger partial charge in [-0.25, -0.2) is 0 Å². The van der Waals surface area contributed by atoms with E-state index in [0.717, 1.165) is 11.1 Å². The summed E-state index contributed by atoms with van der Waals surface area (Å²) in [6.07, 6.45) is 1.86. The van der Waals surface area contributed by atoms with Crippen molar-refractivity contribution in [1.29, 1.82) is 0 Å². The van der Waals surface area contributed by atoms with Crippen LogP contribution in [0.5, 0.6) is 0 Å². The molecule has 0 amide bonds. The molecule has 4 aromatic rings. The van der Waals surface area contributed by atoms with Crippen LogP contribution in [0.2, 0.25) is 5.02 Å². The molecule has 1 aromatic heterocycles. The maximum atomic E-state index is 13.3. The molecule has 0 fully saturated rings. The van der Waals surface area contributed by atoms with Crippen molar-refractivity contribution in [3.63, 3.8) is 0 Å². The lowest BCUT2D eigenvalue weighted by atomic mass is 10.0. The molecular weight excluding hydrogens is 346 g/mol. The maximum Gasteiger partial charge on any atom is 0.280 e. The average Bonchev–Trinajstić information content (AvgIpc) is 3.10. The molecule has 26 heavy (non-hydrogen) atoms. The number of benzene rings is 3. The largest absolute Gasteiger partial charge is 0.280 e. The first kappa shape index (κ1) is 16.2. The lowest BCUT2D eigenvalue weighted by Gasteiger charge is -2.08. The predicted molar refractivity (Wildman–Crippen MR) is 104 cm³/mol. The van der Waals surface area contributed by atoms with Crippen LogP contribution in [0.1, 0.15) is 15.9 Å². The van der Waals surface area contributed by atoms with Crippen LogP contribution in [0.3, 0.4) is 0 Å². The first-order valence-electron chi connectivity index (χ1n) is 8.10. The van der Waals surface area contributed by atoms with E-state index in [4.69, 9.17) is 11.6 Å². The number of aromatic nitrogens is 3. The van der Waals surface area contributed by atoms with E-state index in [0.29, 0.717) is 21.6 Å². The Morgan fingerprint density at radius 2 is 1.62 bits per heavy atom. The van der Waals surface area contributed by atoms with E-state index in [9.17, 15) is 4.79 Å². The van der Waals surface area contributed by atoms with E-state index in [1.54, 1.807) is 18.2 Å². The number of fused-ring (bicyclic) bond motifs is 1. The van der Waals surface area contributed by atoms with E-state index >= 15 is 0 Å². The van der Waals surface area contributed by atoms with Crippen molar-refractivity contribution in [3.05, 3.63) is 95.0 Å². The van der Waals surface area contributed by atoms with E-state index in [2.05, 4.69) is 10.3 Å². The van der Waals surface area contributed by atoms with Crippen molar-refractivity contribution < 1.29 is 4.79 Å². The van der Waals surface area contributed by atoms with Gasteiger partial charge in [-0.3, -0.25) is 4.79 Å². The summed E-state index contributed by atoms with van der Waals surface area (Å²) in [5.41, 5.74) is 3.48. The molecule has 3 aromatic carbocycles. The summed E-state index contributed by atoms with van der Waals surface area (Å²) in [4.78, 5) is 13.3. The Bertz CT molecular complexity index is 1100. The summed E-state index contributed by atoms with van der Waals surface area (Å²) >= 11 is 6.08. The highest BCUT2D eigenvalue weighted by atomic mass is 35.5. The first-order chi connectivity index (χ1) is 12.7. The maximum absolute atomic E-state index is 13.3. The number of carbonyl (C=O) groups excluding carboxylic acids is 1. The minimum Gasteiger partial charge on any atom is -0.267 e. The standard InChI is InChI=1S/C21H14ClN3O/c22-17-11-12-19-20(14-17)25(24-23-19)21(26)18(16-9-5-2-6-10-16)13-15-7-3-1-4-8-15/h1-14H/b18-13+. The molecule has 4 nitrogen and oxygen atoms in total. The molecule has 4 rings (SSSR count). The molecule has 0 spiro atoms. The zero-order chi connectivity index (χ0) is 17.9. The van der Waals surface area contributed by atoms with Crippen molar-refractivity contribution >= 4 is 40.2 Å². The van der Waals surface area contributed by atoms with Gasteiger partial charge in [0.25, 0.3) is 5.91 Å². The van der Waals surface area contributed by atoms with Gasteiger partial charge < -0.3 is 0 Å². The molecule has 0 atom stereocenters. The fourth-order valence-corrected chi connectivity index (χ4v) is 2.92. The molecule has 0 unspecified atom stereocenters. The summed E-state index contributed by atoms with van der Waals surface area (Å²) < 4.78 is 1.29. The zero-order valence-corrected chi connectivity index (χ0v) is 14.5. The molecule has 0 aliphatic rings. The summed E-state index contributed by atoms with van der Waals surface area (Å²) in [5.74, 6) is -0.259. The zero-order valence-electron chi connectivity index (χ0n) is 13.7. The van der Waals surface area contributed by atoms with Crippen LogP contribution >= 0.6 is 11.6 Å². The van der Waals surface area contributed by atoms with Crippen molar-refractivity contribution in [2.24, 2.45) is 0 Å². The minimum absolute atomic E-state index is 0.259. The molecular formula is C21H14ClN3O. The molecule has 0 saturated heterocycles. The molecule has 126 valence electrons. The second-order valence-electron chi connectivity index (χ2n) is 5.77. The Morgan fingerprint density at radius 3 is 2.35 bits per heavy atom. The van der Waals surface area contributed by atoms with Gasteiger partial charge in [0.2, 0.25) is 0 Å². The van der Waals surface area contributed by atoms with E-state index in [1.165, 1.54) is 4.68 Å². The van der Waals surface area contributed by atoms with Crippen molar-refractivity contribution in [2.45, 2.75) is 0 Å². The Morgan fingerprint density at radius 1 is 0.923 bits per heavy atom. The Kier molecular flexibility index (Phi) is 4.33. The molecule has 0 radical (unpaired) electrons. The highest BCUT2D eigenvalue weighted by Gasteiger charge is 2.18. The van der Waals surface area contributed by atoms with Crippen LogP contribution in [0, 0.1) is 0 Å². The molecule has 0 N–H and O–H groups in total. The Hall–Kier alpha value is -3.24. The Balaban J connectivity index is 1.87. The van der Waals surface area contributed by atoms with Crippen LogP contribution in [0.25, 0.3) is 22.7 Å². The summed E-state index contributed by atoms with van der Waals surface area (Å²) in [7, 11) is 0. The quantitative estimate of drug-likeness (QED) is 0.383. The molecule has 0 aliphatic heterocycles. The fourth-order valence-electron chi connectivity index (χ4n) is 2.76. The summed E-state index contributed by atoms with van der Waals surface area (Å²) in [6, 6.07) is 24.4. The number of allylic oxidation sites excluding steroid dienone is 1. The van der Waals surface area contributed by atoms with Crippen LogP contribution < -0.4 is 0 Å². The SMILES string of the molecule is O=C(/C(=C/c1ccccc1)c1ccccc1)n1nnc2ccc(Cl)cc21. The van der Waals surface area contributed by atoms with Gasteiger partial charge in [0.1, 0.15) is 5.52 Å². The smallest absolute Gasteiger partial charge is 0.267 e. The fraction of sp³-hybridized carbons (Fsp3) is 0. The van der Waals surface area contributed by atoms with Gasteiger partial charge in [0.05, 0.1) is 5.52 Å².